The highest BCUT2D eigenvalue weighted by atomic mass is 32.1. The van der Waals surface area contributed by atoms with Gasteiger partial charge in [-0.05, 0) is 37.1 Å². The summed E-state index contributed by atoms with van der Waals surface area (Å²) in [4.78, 5) is 57.1. The van der Waals surface area contributed by atoms with E-state index in [1.807, 2.05) is 60.0 Å². The fourth-order valence-corrected chi connectivity index (χ4v) is 7.26. The van der Waals surface area contributed by atoms with Crippen molar-refractivity contribution >= 4 is 46.3 Å². The van der Waals surface area contributed by atoms with E-state index in [0.29, 0.717) is 38.2 Å². The van der Waals surface area contributed by atoms with Gasteiger partial charge in [-0.3, -0.25) is 14.4 Å². The van der Waals surface area contributed by atoms with Crippen LogP contribution in [-0.2, 0) is 23.9 Å². The van der Waals surface area contributed by atoms with Gasteiger partial charge >= 0.3 is 5.91 Å². The van der Waals surface area contributed by atoms with Gasteiger partial charge in [0.2, 0.25) is 0 Å². The van der Waals surface area contributed by atoms with Crippen LogP contribution in [0.15, 0.2) is 66.1 Å². The van der Waals surface area contributed by atoms with Crippen molar-refractivity contribution in [3.8, 4) is 21.8 Å². The van der Waals surface area contributed by atoms with Crippen LogP contribution in [0.1, 0.15) is 32.6 Å². The second kappa shape index (κ2) is 11.8. The van der Waals surface area contributed by atoms with E-state index >= 15 is 0 Å². The molecule has 43 heavy (non-hydrogen) atoms. The summed E-state index contributed by atoms with van der Waals surface area (Å²) in [6.45, 7) is 3.05. The van der Waals surface area contributed by atoms with Crippen molar-refractivity contribution in [2.24, 2.45) is 5.73 Å². The molecule has 3 aromatic rings. The number of aromatic nitrogens is 1. The lowest BCUT2D eigenvalue weighted by molar-refractivity contribution is -0.144. The molecule has 0 bridgehead atoms. The zero-order valence-electron chi connectivity index (χ0n) is 23.9. The summed E-state index contributed by atoms with van der Waals surface area (Å²) in [5, 5.41) is 5.72. The van der Waals surface area contributed by atoms with E-state index in [9.17, 15) is 19.2 Å². The van der Waals surface area contributed by atoms with Crippen molar-refractivity contribution in [3.63, 3.8) is 0 Å². The Morgan fingerprint density at radius 3 is 2.44 bits per heavy atom. The third-order valence-corrected chi connectivity index (χ3v) is 9.54. The van der Waals surface area contributed by atoms with Gasteiger partial charge in [-0.1, -0.05) is 24.3 Å². The molecule has 1 aromatic heterocycles. The number of carbonyl (C=O) groups excluding carboxylic acids is 4. The number of amides is 4. The van der Waals surface area contributed by atoms with Crippen molar-refractivity contribution in [2.45, 2.75) is 50.8 Å². The first-order valence-electron chi connectivity index (χ1n) is 14.5. The molecular formula is C32H34N5O5S+. The number of thiazole rings is 1. The number of nitrogens with one attached hydrogen (secondary N) is 1. The SMILES string of the molecule is CC(=O)[N+]1(c2ccc(-c3nc(-c4ccc(NC(=O)[C@@H]5C=CCN5C(=O)[C@H]5CCCO5)cc4)cs3)cc2)CCC[C@H]1C(N)=O. The first kappa shape index (κ1) is 28.9. The zero-order valence-corrected chi connectivity index (χ0v) is 24.7. The maximum absolute atomic E-state index is 13.0. The highest BCUT2D eigenvalue weighted by Crippen LogP contribution is 2.37. The van der Waals surface area contributed by atoms with Crippen LogP contribution in [0, 0.1) is 0 Å². The Morgan fingerprint density at radius 1 is 1.02 bits per heavy atom. The molecule has 0 saturated carbocycles. The van der Waals surface area contributed by atoms with Crippen LogP contribution in [0.25, 0.3) is 21.8 Å². The molecule has 10 nitrogen and oxygen atoms in total. The lowest BCUT2D eigenvalue weighted by Gasteiger charge is -2.34. The fourth-order valence-electron chi connectivity index (χ4n) is 6.42. The summed E-state index contributed by atoms with van der Waals surface area (Å²) in [6, 6.07) is 13.9. The number of likely N-dealkylation sites (tertiary alicyclic amines) is 1. The van der Waals surface area contributed by atoms with Crippen LogP contribution in [0.5, 0.6) is 0 Å². The average molecular weight is 601 g/mol. The highest BCUT2D eigenvalue weighted by Gasteiger charge is 2.51. The Hall–Kier alpha value is -4.19. The molecular weight excluding hydrogens is 566 g/mol. The van der Waals surface area contributed by atoms with Crippen LogP contribution in [0.3, 0.4) is 0 Å². The van der Waals surface area contributed by atoms with E-state index in [2.05, 4.69) is 5.32 Å². The van der Waals surface area contributed by atoms with Gasteiger partial charge in [0.05, 0.1) is 19.2 Å². The van der Waals surface area contributed by atoms with E-state index in [1.54, 1.807) is 11.0 Å². The van der Waals surface area contributed by atoms with Gasteiger partial charge in [-0.2, -0.15) is 0 Å². The fraction of sp³-hybridized carbons (Fsp3) is 0.344. The van der Waals surface area contributed by atoms with E-state index in [0.717, 1.165) is 40.4 Å². The van der Waals surface area contributed by atoms with E-state index < -0.39 is 24.1 Å². The molecule has 0 spiro atoms. The Bertz CT molecular complexity index is 1580. The molecule has 3 N–H and O–H groups in total. The number of hydrogen-bond acceptors (Lipinski definition) is 7. The predicted octanol–water partition coefficient (Wildman–Crippen LogP) is 3.86. The molecule has 0 radical (unpaired) electrons. The molecule has 11 heteroatoms. The molecule has 3 aliphatic rings. The first-order valence-corrected chi connectivity index (χ1v) is 15.4. The number of hydrogen-bond donors (Lipinski definition) is 2. The average Bonchev–Trinajstić information content (AvgIpc) is 3.83. The minimum Gasteiger partial charge on any atom is -0.368 e. The number of nitrogens with zero attached hydrogens (tertiary/aromatic N) is 3. The van der Waals surface area contributed by atoms with Crippen molar-refractivity contribution in [2.75, 3.05) is 25.0 Å². The summed E-state index contributed by atoms with van der Waals surface area (Å²) >= 11 is 1.51. The maximum Gasteiger partial charge on any atom is 0.316 e. The number of ether oxygens (including phenoxy) is 1. The van der Waals surface area contributed by atoms with Crippen molar-refractivity contribution in [1.82, 2.24) is 14.4 Å². The molecule has 2 saturated heterocycles. The number of carbonyl (C=O) groups is 4. The Labute approximate surface area is 253 Å². The summed E-state index contributed by atoms with van der Waals surface area (Å²) in [6.07, 6.45) is 6.02. The van der Waals surface area contributed by atoms with Gasteiger partial charge in [0.1, 0.15) is 22.8 Å². The van der Waals surface area contributed by atoms with Gasteiger partial charge in [0.15, 0.2) is 6.04 Å². The summed E-state index contributed by atoms with van der Waals surface area (Å²) in [5.74, 6) is -0.946. The normalized spacial score (nSPS) is 24.8. The lowest BCUT2D eigenvalue weighted by Crippen LogP contribution is -2.60. The Morgan fingerprint density at radius 2 is 1.77 bits per heavy atom. The second-order valence-electron chi connectivity index (χ2n) is 11.2. The second-order valence-corrected chi connectivity index (χ2v) is 12.0. The Kier molecular flexibility index (Phi) is 7.95. The number of benzene rings is 2. The molecule has 2 fully saturated rings. The third kappa shape index (κ3) is 5.39. The van der Waals surface area contributed by atoms with Gasteiger partial charge in [-0.15, -0.1) is 11.3 Å². The molecule has 0 aliphatic carbocycles. The maximum atomic E-state index is 13.0. The van der Waals surface area contributed by atoms with E-state index in [-0.39, 0.29) is 22.2 Å². The largest absolute Gasteiger partial charge is 0.368 e. The first-order chi connectivity index (χ1) is 20.8. The quantitative estimate of drug-likeness (QED) is 0.313. The standard InChI is InChI=1S/C32H33N5O5S/c1-20(38)37(17-3-6-27(37)29(33)39)24-14-10-22(11-15-24)31-35-25(19-43-31)21-8-12-23(13-9-21)34-30(40)26-5-2-16-36(26)32(41)28-7-4-18-42-28/h2,5,8-15,19,26-28H,3-4,6-7,16-18H2,1H3,(H2-,33,34,39,40)/p+1/t26-,27-,28+,37?/m0/s1. The third-order valence-electron chi connectivity index (χ3n) is 8.65. The highest BCUT2D eigenvalue weighted by molar-refractivity contribution is 7.13. The monoisotopic (exact) mass is 600 g/mol. The van der Waals surface area contributed by atoms with Crippen molar-refractivity contribution in [1.29, 1.82) is 0 Å². The lowest BCUT2D eigenvalue weighted by atomic mass is 10.1. The summed E-state index contributed by atoms with van der Waals surface area (Å²) < 4.78 is 5.49. The predicted molar refractivity (Wildman–Crippen MR) is 165 cm³/mol. The van der Waals surface area contributed by atoms with Gasteiger partial charge < -0.3 is 20.7 Å². The van der Waals surface area contributed by atoms with Crippen LogP contribution < -0.4 is 15.5 Å². The molecule has 6 rings (SSSR count). The summed E-state index contributed by atoms with van der Waals surface area (Å²) in [5.41, 5.74) is 9.67. The van der Waals surface area contributed by atoms with Gasteiger partial charge in [0.25, 0.3) is 17.7 Å². The zero-order chi connectivity index (χ0) is 30.1. The number of nitrogens with two attached hydrogens (primary N) is 1. The van der Waals surface area contributed by atoms with Crippen LogP contribution in [0.2, 0.25) is 0 Å². The van der Waals surface area contributed by atoms with E-state index in [1.165, 1.54) is 18.3 Å². The van der Waals surface area contributed by atoms with Gasteiger partial charge in [-0.25, -0.2) is 14.3 Å². The molecule has 1 unspecified atom stereocenters. The number of anilines is 1. The topological polar surface area (TPSA) is 132 Å². The Balaban J connectivity index is 1.12. The minimum absolute atomic E-state index is 0.0398. The molecule has 2 aromatic carbocycles. The number of rotatable bonds is 7. The number of primary amides is 1. The molecule has 3 aliphatic heterocycles. The molecule has 4 heterocycles. The van der Waals surface area contributed by atoms with Crippen LogP contribution >= 0.6 is 11.3 Å². The number of quaternary nitrogens is 1. The smallest absolute Gasteiger partial charge is 0.316 e. The van der Waals surface area contributed by atoms with Gasteiger partial charge in [0, 0.05) is 60.3 Å². The molecule has 222 valence electrons. The van der Waals surface area contributed by atoms with Crippen molar-refractivity contribution < 1.29 is 23.9 Å². The van der Waals surface area contributed by atoms with Crippen molar-refractivity contribution in [3.05, 3.63) is 66.1 Å². The van der Waals surface area contributed by atoms with Crippen LogP contribution in [0.4, 0.5) is 11.4 Å². The van der Waals surface area contributed by atoms with Crippen LogP contribution in [-0.4, -0.2) is 71.4 Å². The molecule has 4 atom stereocenters. The van der Waals surface area contributed by atoms with E-state index in [4.69, 9.17) is 15.5 Å². The summed E-state index contributed by atoms with van der Waals surface area (Å²) in [7, 11) is 0. The molecule has 4 amide bonds. The minimum atomic E-state index is -0.664.